The summed E-state index contributed by atoms with van der Waals surface area (Å²) >= 11 is 0. The Balaban J connectivity index is 1.84. The number of rotatable bonds is 3. The lowest BCUT2D eigenvalue weighted by molar-refractivity contribution is 0.729. The average Bonchev–Trinajstić information content (AvgIpc) is 3.31. The molecule has 3 aliphatic carbocycles. The second-order valence-electron chi connectivity index (χ2n) is 8.99. The number of benzene rings is 3. The van der Waals surface area contributed by atoms with Crippen LogP contribution in [0.4, 0.5) is 0 Å². The number of hydrogen-bond acceptors (Lipinski definition) is 0. The third-order valence-electron chi connectivity index (χ3n) is 7.50. The maximum Gasteiger partial charge on any atom is 0.0728 e. The van der Waals surface area contributed by atoms with Crippen molar-refractivity contribution in [3.05, 3.63) is 144 Å². The van der Waals surface area contributed by atoms with Gasteiger partial charge in [-0.05, 0) is 68.0 Å². The Kier molecular flexibility index (Phi) is 4.13. The Labute approximate surface area is 190 Å². The highest BCUT2D eigenvalue weighted by Gasteiger charge is 2.54. The molecule has 154 valence electrons. The fourth-order valence-electron chi connectivity index (χ4n) is 6.35. The van der Waals surface area contributed by atoms with Crippen LogP contribution in [0.3, 0.4) is 0 Å². The van der Waals surface area contributed by atoms with Crippen molar-refractivity contribution < 1.29 is 0 Å². The summed E-state index contributed by atoms with van der Waals surface area (Å²) in [5.41, 5.74) is 13.0. The Morgan fingerprint density at radius 2 is 1.53 bits per heavy atom. The second-order valence-corrected chi connectivity index (χ2v) is 8.99. The summed E-state index contributed by atoms with van der Waals surface area (Å²) in [4.78, 5) is 0. The van der Waals surface area contributed by atoms with Gasteiger partial charge in [-0.15, -0.1) is 0 Å². The fourth-order valence-corrected chi connectivity index (χ4v) is 6.35. The fraction of sp³-hybridized carbons (Fsp3) is 0.125. The first kappa shape index (κ1) is 19.1. The van der Waals surface area contributed by atoms with Crippen molar-refractivity contribution in [2.24, 2.45) is 5.92 Å². The first-order chi connectivity index (χ1) is 15.7. The molecule has 3 aromatic carbocycles. The first-order valence-corrected chi connectivity index (χ1v) is 11.4. The summed E-state index contributed by atoms with van der Waals surface area (Å²) in [7, 11) is 0. The van der Waals surface area contributed by atoms with E-state index in [0.717, 1.165) is 6.42 Å². The molecule has 0 radical (unpaired) electrons. The van der Waals surface area contributed by atoms with Crippen LogP contribution in [0, 0.1) is 5.92 Å². The minimum Gasteiger partial charge on any atom is -0.0987 e. The van der Waals surface area contributed by atoms with E-state index in [4.69, 9.17) is 0 Å². The van der Waals surface area contributed by atoms with Gasteiger partial charge in [-0.25, -0.2) is 0 Å². The Morgan fingerprint density at radius 1 is 0.812 bits per heavy atom. The van der Waals surface area contributed by atoms with Gasteiger partial charge in [0.25, 0.3) is 0 Å². The van der Waals surface area contributed by atoms with E-state index >= 15 is 0 Å². The molecule has 0 heteroatoms. The van der Waals surface area contributed by atoms with Crippen molar-refractivity contribution in [2.45, 2.75) is 18.8 Å². The molecule has 6 rings (SSSR count). The van der Waals surface area contributed by atoms with E-state index < -0.39 is 0 Å². The summed E-state index contributed by atoms with van der Waals surface area (Å²) in [6.45, 7) is 10.9. The van der Waals surface area contributed by atoms with Crippen LogP contribution in [0.1, 0.15) is 35.6 Å². The lowest BCUT2D eigenvalue weighted by Gasteiger charge is -2.35. The van der Waals surface area contributed by atoms with Crippen LogP contribution >= 0.6 is 0 Å². The molecule has 0 fully saturated rings. The lowest BCUT2D eigenvalue weighted by Crippen LogP contribution is -2.28. The largest absolute Gasteiger partial charge is 0.0987 e. The van der Waals surface area contributed by atoms with E-state index in [2.05, 4.69) is 111 Å². The SMILES string of the molecule is C=CC1=C(C=C)C2(C3=C(c4cccc(-c5ccccc5)c42)C(C)CC=C3)c2ccccc21. The summed E-state index contributed by atoms with van der Waals surface area (Å²) < 4.78 is 0. The maximum absolute atomic E-state index is 4.32. The van der Waals surface area contributed by atoms with Gasteiger partial charge in [0, 0.05) is 0 Å². The van der Waals surface area contributed by atoms with Crippen molar-refractivity contribution in [2.75, 3.05) is 0 Å². The molecule has 0 aliphatic heterocycles. The van der Waals surface area contributed by atoms with Crippen molar-refractivity contribution in [1.29, 1.82) is 0 Å². The standard InChI is InChI=1S/C32H26/c1-4-23-25-16-9-10-19-28(25)32(27(23)5-2)29-20-11-13-21(3)30(29)26-18-12-17-24(31(26)32)22-14-7-6-8-15-22/h4-12,14-21H,1-2,13H2,3H3. The Morgan fingerprint density at radius 3 is 2.31 bits per heavy atom. The highest BCUT2D eigenvalue weighted by Crippen LogP contribution is 2.65. The van der Waals surface area contributed by atoms with Crippen molar-refractivity contribution in [1.82, 2.24) is 0 Å². The predicted molar refractivity (Wildman–Crippen MR) is 136 cm³/mol. The van der Waals surface area contributed by atoms with Gasteiger partial charge in [0.1, 0.15) is 0 Å². The van der Waals surface area contributed by atoms with E-state index in [-0.39, 0.29) is 5.41 Å². The van der Waals surface area contributed by atoms with Crippen LogP contribution in [0.25, 0.3) is 22.3 Å². The molecule has 0 saturated heterocycles. The topological polar surface area (TPSA) is 0 Å². The molecule has 2 unspecified atom stereocenters. The minimum atomic E-state index is -0.357. The van der Waals surface area contributed by atoms with Gasteiger partial charge in [-0.2, -0.15) is 0 Å². The number of hydrogen-bond donors (Lipinski definition) is 0. The van der Waals surface area contributed by atoms with Gasteiger partial charge in [0.15, 0.2) is 0 Å². The molecule has 0 amide bonds. The second kappa shape index (κ2) is 6.93. The molecule has 0 saturated carbocycles. The van der Waals surface area contributed by atoms with Crippen LogP contribution in [0.5, 0.6) is 0 Å². The van der Waals surface area contributed by atoms with Crippen molar-refractivity contribution >= 4 is 11.1 Å². The molecule has 3 aromatic rings. The van der Waals surface area contributed by atoms with E-state index in [1.807, 2.05) is 6.08 Å². The predicted octanol–water partition coefficient (Wildman–Crippen LogP) is 8.14. The van der Waals surface area contributed by atoms with Gasteiger partial charge in [0.2, 0.25) is 0 Å². The number of allylic oxidation sites excluding steroid dienone is 8. The zero-order chi connectivity index (χ0) is 21.9. The normalized spacial score (nSPS) is 22.7. The van der Waals surface area contributed by atoms with Crippen molar-refractivity contribution in [3.8, 4) is 11.1 Å². The number of fused-ring (bicyclic) bond motifs is 6. The molecular formula is C32H26. The molecule has 1 spiro atoms. The minimum absolute atomic E-state index is 0.357. The molecular weight excluding hydrogens is 384 g/mol. The smallest absolute Gasteiger partial charge is 0.0728 e. The zero-order valence-electron chi connectivity index (χ0n) is 18.4. The third kappa shape index (κ3) is 2.22. The van der Waals surface area contributed by atoms with E-state index in [1.165, 1.54) is 55.7 Å². The summed E-state index contributed by atoms with van der Waals surface area (Å²) in [5, 5.41) is 0. The van der Waals surface area contributed by atoms with E-state index in [0.29, 0.717) is 5.92 Å². The Hall–Kier alpha value is -3.64. The van der Waals surface area contributed by atoms with Gasteiger partial charge in [0.05, 0.1) is 5.41 Å². The highest BCUT2D eigenvalue weighted by atomic mass is 14.5. The van der Waals surface area contributed by atoms with E-state index in [1.54, 1.807) is 0 Å². The quantitative estimate of drug-likeness (QED) is 0.409. The van der Waals surface area contributed by atoms with Gasteiger partial charge < -0.3 is 0 Å². The van der Waals surface area contributed by atoms with Crippen LogP contribution in [-0.2, 0) is 5.41 Å². The third-order valence-corrected chi connectivity index (χ3v) is 7.50. The molecule has 0 bridgehead atoms. The molecule has 0 heterocycles. The molecule has 0 N–H and O–H groups in total. The van der Waals surface area contributed by atoms with Crippen molar-refractivity contribution in [3.63, 3.8) is 0 Å². The zero-order valence-corrected chi connectivity index (χ0v) is 18.4. The van der Waals surface area contributed by atoms with E-state index in [9.17, 15) is 0 Å². The molecule has 32 heavy (non-hydrogen) atoms. The molecule has 2 atom stereocenters. The summed E-state index contributed by atoms with van der Waals surface area (Å²) in [6.07, 6.45) is 9.91. The van der Waals surface area contributed by atoms with Crippen LogP contribution in [0.2, 0.25) is 0 Å². The lowest BCUT2D eigenvalue weighted by atomic mass is 9.66. The van der Waals surface area contributed by atoms with Gasteiger partial charge in [-0.3, -0.25) is 0 Å². The van der Waals surface area contributed by atoms with Crippen LogP contribution in [0.15, 0.2) is 121 Å². The van der Waals surface area contributed by atoms with Crippen LogP contribution in [-0.4, -0.2) is 0 Å². The van der Waals surface area contributed by atoms with Gasteiger partial charge in [-0.1, -0.05) is 117 Å². The molecule has 3 aliphatic rings. The molecule has 0 aromatic heterocycles. The summed E-state index contributed by atoms with van der Waals surface area (Å²) in [5.74, 6) is 0.477. The average molecular weight is 411 g/mol. The molecule has 0 nitrogen and oxygen atoms in total. The Bertz CT molecular complexity index is 1380. The monoisotopic (exact) mass is 410 g/mol. The highest BCUT2D eigenvalue weighted by molar-refractivity contribution is 6.01. The summed E-state index contributed by atoms with van der Waals surface area (Å²) in [6, 6.07) is 26.5. The maximum atomic E-state index is 4.32. The van der Waals surface area contributed by atoms with Gasteiger partial charge >= 0.3 is 0 Å². The first-order valence-electron chi connectivity index (χ1n) is 11.4. The van der Waals surface area contributed by atoms with Crippen LogP contribution < -0.4 is 0 Å².